The molecule has 0 saturated carbocycles. The van der Waals surface area contributed by atoms with Crippen molar-refractivity contribution in [2.24, 2.45) is 0 Å². The summed E-state index contributed by atoms with van der Waals surface area (Å²) in [6.45, 7) is 6.18. The maximum Gasteiger partial charge on any atom is 0.274 e. The average Bonchev–Trinajstić information content (AvgIpc) is 2.46. The van der Waals surface area contributed by atoms with Gasteiger partial charge in [-0.25, -0.2) is 0 Å². The fourth-order valence-electron chi connectivity index (χ4n) is 1.96. The lowest BCUT2D eigenvalue weighted by atomic mass is 10.1. The zero-order chi connectivity index (χ0) is 16.2. The van der Waals surface area contributed by atoms with E-state index in [9.17, 15) is 4.79 Å². The average molecular weight is 299 g/mol. The Hall–Kier alpha value is -2.56. The van der Waals surface area contributed by atoms with E-state index in [1.165, 1.54) is 0 Å². The van der Waals surface area contributed by atoms with Gasteiger partial charge in [0.05, 0.1) is 7.11 Å². The van der Waals surface area contributed by atoms with Gasteiger partial charge in [0.2, 0.25) is 0 Å². The molecule has 1 heterocycles. The molecule has 22 heavy (non-hydrogen) atoms. The van der Waals surface area contributed by atoms with Crippen LogP contribution in [0.15, 0.2) is 42.6 Å². The van der Waals surface area contributed by atoms with Gasteiger partial charge in [0.1, 0.15) is 11.4 Å². The number of anilines is 2. The molecule has 1 aromatic heterocycles. The highest BCUT2D eigenvalue weighted by Crippen LogP contribution is 2.18. The molecule has 0 aliphatic carbocycles. The van der Waals surface area contributed by atoms with Crippen molar-refractivity contribution in [2.45, 2.75) is 26.3 Å². The summed E-state index contributed by atoms with van der Waals surface area (Å²) >= 11 is 0. The van der Waals surface area contributed by atoms with Gasteiger partial charge < -0.3 is 15.4 Å². The van der Waals surface area contributed by atoms with Crippen LogP contribution >= 0.6 is 0 Å². The molecular weight excluding hydrogens is 278 g/mol. The molecule has 5 heteroatoms. The van der Waals surface area contributed by atoms with Crippen LogP contribution in [0.1, 0.15) is 31.3 Å². The van der Waals surface area contributed by atoms with Crippen LogP contribution in [0.2, 0.25) is 0 Å². The lowest BCUT2D eigenvalue weighted by molar-refractivity contribution is 0.102. The third-order valence-electron chi connectivity index (χ3n) is 2.84. The van der Waals surface area contributed by atoms with Gasteiger partial charge in [0, 0.05) is 29.2 Å². The Balaban J connectivity index is 2.14. The molecule has 0 aliphatic heterocycles. The quantitative estimate of drug-likeness (QED) is 0.906. The topological polar surface area (TPSA) is 63.2 Å². The summed E-state index contributed by atoms with van der Waals surface area (Å²) in [6, 6.07) is 10.8. The zero-order valence-electron chi connectivity index (χ0n) is 13.3. The fraction of sp³-hybridized carbons (Fsp3) is 0.294. The smallest absolute Gasteiger partial charge is 0.274 e. The van der Waals surface area contributed by atoms with Crippen molar-refractivity contribution in [3.63, 3.8) is 0 Å². The molecule has 1 aromatic carbocycles. The number of nitrogens with one attached hydrogen (secondary N) is 2. The van der Waals surface area contributed by atoms with E-state index in [4.69, 9.17) is 4.74 Å². The maximum absolute atomic E-state index is 12.3. The molecular formula is C17H21N3O2. The summed E-state index contributed by atoms with van der Waals surface area (Å²) in [5.41, 5.74) is 1.80. The van der Waals surface area contributed by atoms with Crippen LogP contribution < -0.4 is 15.4 Å². The van der Waals surface area contributed by atoms with Crippen molar-refractivity contribution < 1.29 is 9.53 Å². The van der Waals surface area contributed by atoms with Crippen LogP contribution in [0.25, 0.3) is 0 Å². The largest absolute Gasteiger partial charge is 0.497 e. The summed E-state index contributed by atoms with van der Waals surface area (Å²) < 4.78 is 5.14. The number of benzene rings is 1. The van der Waals surface area contributed by atoms with E-state index in [2.05, 4.69) is 36.4 Å². The number of aromatic nitrogens is 1. The van der Waals surface area contributed by atoms with Crippen LogP contribution in [-0.4, -0.2) is 23.5 Å². The van der Waals surface area contributed by atoms with Crippen molar-refractivity contribution in [1.82, 2.24) is 4.98 Å². The van der Waals surface area contributed by atoms with E-state index < -0.39 is 0 Å². The predicted molar refractivity (Wildman–Crippen MR) is 88.6 cm³/mol. The van der Waals surface area contributed by atoms with Crippen LogP contribution in [-0.2, 0) is 0 Å². The Bertz CT molecular complexity index is 663. The van der Waals surface area contributed by atoms with Crippen LogP contribution in [0.4, 0.5) is 11.4 Å². The highest BCUT2D eigenvalue weighted by atomic mass is 16.5. The van der Waals surface area contributed by atoms with Gasteiger partial charge in [-0.3, -0.25) is 9.78 Å². The second-order valence-corrected chi connectivity index (χ2v) is 5.99. The van der Waals surface area contributed by atoms with Crippen molar-refractivity contribution in [2.75, 3.05) is 17.7 Å². The maximum atomic E-state index is 12.3. The molecule has 2 N–H and O–H groups in total. The van der Waals surface area contributed by atoms with E-state index in [1.807, 2.05) is 18.2 Å². The number of nitrogens with zero attached hydrogens (tertiary/aromatic N) is 1. The van der Waals surface area contributed by atoms with Crippen LogP contribution in [0.5, 0.6) is 5.75 Å². The lowest BCUT2D eigenvalue weighted by Gasteiger charge is -2.22. The summed E-state index contributed by atoms with van der Waals surface area (Å²) in [6.07, 6.45) is 1.62. The number of pyridine rings is 1. The molecule has 2 aromatic rings. The lowest BCUT2D eigenvalue weighted by Crippen LogP contribution is -2.26. The first kappa shape index (κ1) is 15.8. The monoisotopic (exact) mass is 299 g/mol. The van der Waals surface area contributed by atoms with Gasteiger partial charge in [-0.2, -0.15) is 0 Å². The molecule has 0 spiro atoms. The van der Waals surface area contributed by atoms with Gasteiger partial charge in [-0.05, 0) is 45.0 Å². The van der Waals surface area contributed by atoms with E-state index in [1.54, 1.807) is 31.5 Å². The normalized spacial score (nSPS) is 10.9. The van der Waals surface area contributed by atoms with Crippen molar-refractivity contribution in [3.05, 3.63) is 48.3 Å². The molecule has 0 saturated heterocycles. The first-order valence-electron chi connectivity index (χ1n) is 7.07. The van der Waals surface area contributed by atoms with Gasteiger partial charge in [0.15, 0.2) is 0 Å². The third-order valence-corrected chi connectivity index (χ3v) is 2.84. The SMILES string of the molecule is COc1cccc(NC(=O)c2cc(NC(C)(C)C)ccn2)c1. The van der Waals surface area contributed by atoms with Crippen molar-refractivity contribution >= 4 is 17.3 Å². The molecule has 0 radical (unpaired) electrons. The molecule has 2 rings (SSSR count). The molecule has 116 valence electrons. The molecule has 0 bridgehead atoms. The molecule has 0 fully saturated rings. The van der Waals surface area contributed by atoms with Gasteiger partial charge in [-0.1, -0.05) is 6.07 Å². The van der Waals surface area contributed by atoms with Crippen LogP contribution in [0.3, 0.4) is 0 Å². The third kappa shape index (κ3) is 4.48. The minimum atomic E-state index is -0.259. The number of rotatable bonds is 4. The van der Waals surface area contributed by atoms with Gasteiger partial charge >= 0.3 is 0 Å². The first-order valence-corrected chi connectivity index (χ1v) is 7.07. The number of hydrogen-bond donors (Lipinski definition) is 2. The first-order chi connectivity index (χ1) is 10.4. The van der Waals surface area contributed by atoms with Crippen molar-refractivity contribution in [1.29, 1.82) is 0 Å². The van der Waals surface area contributed by atoms with E-state index >= 15 is 0 Å². The Labute approximate surface area is 130 Å². The summed E-state index contributed by atoms with van der Waals surface area (Å²) in [4.78, 5) is 16.4. The van der Waals surface area contributed by atoms with Crippen LogP contribution in [0, 0.1) is 0 Å². The molecule has 0 unspecified atom stereocenters. The minimum Gasteiger partial charge on any atom is -0.497 e. The summed E-state index contributed by atoms with van der Waals surface area (Å²) in [5, 5.41) is 6.13. The van der Waals surface area contributed by atoms with Crippen molar-refractivity contribution in [3.8, 4) is 5.75 Å². The van der Waals surface area contributed by atoms with Gasteiger partial charge in [0.25, 0.3) is 5.91 Å². The van der Waals surface area contributed by atoms with E-state index in [0.717, 1.165) is 5.69 Å². The fourth-order valence-corrected chi connectivity index (χ4v) is 1.96. The number of ether oxygens (including phenoxy) is 1. The predicted octanol–water partition coefficient (Wildman–Crippen LogP) is 3.55. The number of carbonyl (C=O) groups excluding carboxylic acids is 1. The zero-order valence-corrected chi connectivity index (χ0v) is 13.3. The minimum absolute atomic E-state index is 0.0815. The highest BCUT2D eigenvalue weighted by molar-refractivity contribution is 6.03. The van der Waals surface area contributed by atoms with Gasteiger partial charge in [-0.15, -0.1) is 0 Å². The van der Waals surface area contributed by atoms with E-state index in [0.29, 0.717) is 17.1 Å². The Morgan fingerprint density at radius 3 is 2.59 bits per heavy atom. The summed E-state index contributed by atoms with van der Waals surface area (Å²) in [5.74, 6) is 0.430. The number of hydrogen-bond acceptors (Lipinski definition) is 4. The second-order valence-electron chi connectivity index (χ2n) is 5.99. The Morgan fingerprint density at radius 2 is 1.91 bits per heavy atom. The molecule has 1 amide bonds. The molecule has 0 atom stereocenters. The molecule has 0 aliphatic rings. The second kappa shape index (κ2) is 6.47. The molecule has 5 nitrogen and oxygen atoms in total. The number of methoxy groups -OCH3 is 1. The highest BCUT2D eigenvalue weighted by Gasteiger charge is 2.12. The van der Waals surface area contributed by atoms with E-state index in [-0.39, 0.29) is 11.4 Å². The Kier molecular flexibility index (Phi) is 4.65. The Morgan fingerprint density at radius 1 is 1.14 bits per heavy atom. The standard InChI is InChI=1S/C17H21N3O2/c1-17(2,3)20-13-8-9-18-15(11-13)16(21)19-12-6-5-7-14(10-12)22-4/h5-11H,1-4H3,(H,18,20)(H,19,21). The number of carbonyl (C=O) groups is 1. The summed E-state index contributed by atoms with van der Waals surface area (Å²) in [7, 11) is 1.59. The number of amides is 1.